The van der Waals surface area contributed by atoms with Crippen LogP contribution in [-0.2, 0) is 4.79 Å². The number of rotatable bonds is 6. The molecule has 2 N–H and O–H groups in total. The number of carbonyl (C=O) groups is 2. The van der Waals surface area contributed by atoms with E-state index in [2.05, 4.69) is 16.6 Å². The number of benzene rings is 2. The first kappa shape index (κ1) is 16.3. The van der Waals surface area contributed by atoms with Crippen molar-refractivity contribution in [3.8, 4) is 12.3 Å². The molecule has 0 aliphatic rings. The van der Waals surface area contributed by atoms with Gasteiger partial charge in [0.15, 0.2) is 0 Å². The first-order chi connectivity index (χ1) is 11.2. The zero-order chi connectivity index (χ0) is 16.5. The molecule has 0 fully saturated rings. The summed E-state index contributed by atoms with van der Waals surface area (Å²) in [4.78, 5) is 23.7. The van der Waals surface area contributed by atoms with Crippen molar-refractivity contribution in [2.45, 2.75) is 12.8 Å². The van der Waals surface area contributed by atoms with Gasteiger partial charge in [-0.05, 0) is 36.8 Å². The Balaban J connectivity index is 1.71. The van der Waals surface area contributed by atoms with Crippen LogP contribution in [0.25, 0.3) is 0 Å². The van der Waals surface area contributed by atoms with Gasteiger partial charge in [-0.2, -0.15) is 0 Å². The molecule has 2 rings (SSSR count). The Kier molecular flexibility index (Phi) is 5.96. The summed E-state index contributed by atoms with van der Waals surface area (Å²) < 4.78 is 0. The van der Waals surface area contributed by atoms with Crippen molar-refractivity contribution < 1.29 is 9.59 Å². The summed E-state index contributed by atoms with van der Waals surface area (Å²) in [5, 5.41) is 5.58. The third kappa shape index (κ3) is 5.33. The number of nitrogens with one attached hydrogen (secondary N) is 2. The molecule has 0 radical (unpaired) electrons. The molecule has 0 aromatic heterocycles. The van der Waals surface area contributed by atoms with Gasteiger partial charge in [0.05, 0.1) is 0 Å². The molecule has 0 bridgehead atoms. The third-order valence-corrected chi connectivity index (χ3v) is 3.22. The second kappa shape index (κ2) is 8.40. The van der Waals surface area contributed by atoms with E-state index in [0.717, 1.165) is 5.56 Å². The Morgan fingerprint density at radius 3 is 2.57 bits per heavy atom. The SMILES string of the molecule is C#Cc1cccc(NC(=O)CCCNC(=O)c2ccccc2)c1. The van der Waals surface area contributed by atoms with E-state index in [4.69, 9.17) is 6.42 Å². The lowest BCUT2D eigenvalue weighted by atomic mass is 10.2. The number of terminal acetylenes is 1. The molecule has 0 spiro atoms. The number of hydrogen-bond donors (Lipinski definition) is 2. The highest BCUT2D eigenvalue weighted by molar-refractivity contribution is 5.94. The molecule has 0 aliphatic heterocycles. The normalized spacial score (nSPS) is 9.70. The predicted molar refractivity (Wildman–Crippen MR) is 91.0 cm³/mol. The predicted octanol–water partition coefficient (Wildman–Crippen LogP) is 2.82. The second-order valence-corrected chi connectivity index (χ2v) is 5.00. The van der Waals surface area contributed by atoms with Gasteiger partial charge in [-0.3, -0.25) is 9.59 Å². The molecule has 2 aromatic carbocycles. The standard InChI is InChI=1S/C19H18N2O2/c1-2-15-8-6-11-17(14-15)21-18(22)12-7-13-20-19(23)16-9-4-3-5-10-16/h1,3-6,8-11,14H,7,12-13H2,(H,20,23)(H,21,22). The Morgan fingerprint density at radius 2 is 1.83 bits per heavy atom. The van der Waals surface area contributed by atoms with Crippen molar-refractivity contribution in [2.24, 2.45) is 0 Å². The first-order valence-electron chi connectivity index (χ1n) is 7.39. The van der Waals surface area contributed by atoms with Crippen LogP contribution in [0, 0.1) is 12.3 Å². The summed E-state index contributed by atoms with van der Waals surface area (Å²) in [7, 11) is 0. The van der Waals surface area contributed by atoms with E-state index >= 15 is 0 Å². The van der Waals surface area contributed by atoms with E-state index in [9.17, 15) is 9.59 Å². The van der Waals surface area contributed by atoms with Crippen LogP contribution in [0.3, 0.4) is 0 Å². The highest BCUT2D eigenvalue weighted by Gasteiger charge is 2.05. The summed E-state index contributed by atoms with van der Waals surface area (Å²) in [6.07, 6.45) is 6.22. The van der Waals surface area contributed by atoms with Gasteiger partial charge in [0.1, 0.15) is 0 Å². The fourth-order valence-electron chi connectivity index (χ4n) is 2.05. The quantitative estimate of drug-likeness (QED) is 0.637. The fourth-order valence-corrected chi connectivity index (χ4v) is 2.05. The lowest BCUT2D eigenvalue weighted by Gasteiger charge is -2.07. The monoisotopic (exact) mass is 306 g/mol. The van der Waals surface area contributed by atoms with Gasteiger partial charge in [0.2, 0.25) is 5.91 Å². The van der Waals surface area contributed by atoms with E-state index in [-0.39, 0.29) is 11.8 Å². The molecular weight excluding hydrogens is 288 g/mol. The van der Waals surface area contributed by atoms with Crippen LogP contribution in [0.5, 0.6) is 0 Å². The summed E-state index contributed by atoms with van der Waals surface area (Å²) >= 11 is 0. The maximum absolute atomic E-state index is 11.9. The van der Waals surface area contributed by atoms with Crippen LogP contribution < -0.4 is 10.6 Å². The number of anilines is 1. The summed E-state index contributed by atoms with van der Waals surface area (Å²) in [5.41, 5.74) is 2.01. The molecule has 2 amide bonds. The fraction of sp³-hybridized carbons (Fsp3) is 0.158. The van der Waals surface area contributed by atoms with Gasteiger partial charge in [0, 0.05) is 29.8 Å². The van der Waals surface area contributed by atoms with Crippen LogP contribution >= 0.6 is 0 Å². The van der Waals surface area contributed by atoms with Crippen molar-refractivity contribution in [3.05, 3.63) is 65.7 Å². The number of hydrogen-bond acceptors (Lipinski definition) is 2. The molecule has 0 atom stereocenters. The van der Waals surface area contributed by atoms with Gasteiger partial charge in [-0.15, -0.1) is 6.42 Å². The maximum atomic E-state index is 11.9. The smallest absolute Gasteiger partial charge is 0.251 e. The molecule has 4 heteroatoms. The molecule has 0 aliphatic carbocycles. The van der Waals surface area contributed by atoms with E-state index in [1.54, 1.807) is 36.4 Å². The van der Waals surface area contributed by atoms with E-state index in [1.807, 2.05) is 18.2 Å². The zero-order valence-electron chi connectivity index (χ0n) is 12.7. The summed E-state index contributed by atoms with van der Waals surface area (Å²) in [6, 6.07) is 16.1. The van der Waals surface area contributed by atoms with Crippen molar-refractivity contribution in [2.75, 3.05) is 11.9 Å². The van der Waals surface area contributed by atoms with Crippen molar-refractivity contribution in [3.63, 3.8) is 0 Å². The minimum Gasteiger partial charge on any atom is -0.352 e. The van der Waals surface area contributed by atoms with Crippen LogP contribution in [0.2, 0.25) is 0 Å². The van der Waals surface area contributed by atoms with Crippen LogP contribution in [0.4, 0.5) is 5.69 Å². The highest BCUT2D eigenvalue weighted by Crippen LogP contribution is 2.10. The molecule has 0 saturated heterocycles. The molecule has 2 aromatic rings. The van der Waals surface area contributed by atoms with Gasteiger partial charge >= 0.3 is 0 Å². The van der Waals surface area contributed by atoms with Gasteiger partial charge in [-0.25, -0.2) is 0 Å². The largest absolute Gasteiger partial charge is 0.352 e. The minimum absolute atomic E-state index is 0.104. The zero-order valence-corrected chi connectivity index (χ0v) is 12.7. The van der Waals surface area contributed by atoms with E-state index in [1.165, 1.54) is 0 Å². The van der Waals surface area contributed by atoms with Gasteiger partial charge in [0.25, 0.3) is 5.91 Å². The van der Waals surface area contributed by atoms with E-state index < -0.39 is 0 Å². The number of carbonyl (C=O) groups excluding carboxylic acids is 2. The molecule has 0 saturated carbocycles. The van der Waals surface area contributed by atoms with Gasteiger partial charge < -0.3 is 10.6 Å². The molecule has 0 unspecified atom stereocenters. The Bertz CT molecular complexity index is 718. The average molecular weight is 306 g/mol. The van der Waals surface area contributed by atoms with Crippen LogP contribution in [0.15, 0.2) is 54.6 Å². The van der Waals surface area contributed by atoms with E-state index in [0.29, 0.717) is 30.6 Å². The lowest BCUT2D eigenvalue weighted by Crippen LogP contribution is -2.25. The first-order valence-corrected chi connectivity index (χ1v) is 7.39. The number of amides is 2. The average Bonchev–Trinajstić information content (AvgIpc) is 2.59. The van der Waals surface area contributed by atoms with Crippen molar-refractivity contribution in [1.82, 2.24) is 5.32 Å². The molecule has 116 valence electrons. The Hall–Kier alpha value is -3.06. The Labute approximate surface area is 135 Å². The summed E-state index contributed by atoms with van der Waals surface area (Å²) in [6.45, 7) is 0.450. The highest BCUT2D eigenvalue weighted by atomic mass is 16.2. The summed E-state index contributed by atoms with van der Waals surface area (Å²) in [5.74, 6) is 2.29. The molecule has 4 nitrogen and oxygen atoms in total. The van der Waals surface area contributed by atoms with Crippen molar-refractivity contribution in [1.29, 1.82) is 0 Å². The van der Waals surface area contributed by atoms with Crippen LogP contribution in [-0.4, -0.2) is 18.4 Å². The maximum Gasteiger partial charge on any atom is 0.251 e. The van der Waals surface area contributed by atoms with Crippen LogP contribution in [0.1, 0.15) is 28.8 Å². The topological polar surface area (TPSA) is 58.2 Å². The minimum atomic E-state index is -0.132. The second-order valence-electron chi connectivity index (χ2n) is 5.00. The van der Waals surface area contributed by atoms with Crippen molar-refractivity contribution >= 4 is 17.5 Å². The van der Waals surface area contributed by atoms with Gasteiger partial charge in [-0.1, -0.05) is 30.2 Å². The Morgan fingerprint density at radius 1 is 1.04 bits per heavy atom. The lowest BCUT2D eigenvalue weighted by molar-refractivity contribution is -0.116. The molecular formula is C19H18N2O2. The molecule has 23 heavy (non-hydrogen) atoms. The molecule has 0 heterocycles. The third-order valence-electron chi connectivity index (χ3n) is 3.22.